The van der Waals surface area contributed by atoms with E-state index in [-0.39, 0.29) is 0 Å². The van der Waals surface area contributed by atoms with Gasteiger partial charge >= 0.3 is 0 Å². The van der Waals surface area contributed by atoms with Crippen LogP contribution in [-0.4, -0.2) is 13.1 Å². The Hall–Kier alpha value is -0.760. The number of aryl methyl sites for hydroxylation is 1. The predicted octanol–water partition coefficient (Wildman–Crippen LogP) is 3.38. The normalized spacial score (nSPS) is 19.1. The van der Waals surface area contributed by atoms with Crippen LogP contribution in [0.15, 0.2) is 22.8 Å². The summed E-state index contributed by atoms with van der Waals surface area (Å²) < 4.78 is 5.37. The monoisotopic (exact) mass is 221 g/mol. The molecule has 1 heterocycles. The summed E-state index contributed by atoms with van der Waals surface area (Å²) in [6.45, 7) is 0. The molecule has 0 radical (unpaired) electrons. The first-order chi connectivity index (χ1) is 7.88. The molecule has 0 aliphatic heterocycles. The van der Waals surface area contributed by atoms with Crippen LogP contribution in [0.25, 0.3) is 0 Å². The molecule has 1 fully saturated rings. The molecular formula is C14H23NO. The Labute approximate surface area is 98.4 Å². The maximum absolute atomic E-state index is 5.37. The number of hydrogen-bond donors (Lipinski definition) is 1. The molecule has 2 nitrogen and oxygen atoms in total. The van der Waals surface area contributed by atoms with E-state index in [2.05, 4.69) is 18.4 Å². The van der Waals surface area contributed by atoms with Gasteiger partial charge in [0, 0.05) is 12.5 Å². The van der Waals surface area contributed by atoms with E-state index in [9.17, 15) is 0 Å². The summed E-state index contributed by atoms with van der Waals surface area (Å²) >= 11 is 0. The molecule has 0 bridgehead atoms. The number of furan rings is 1. The lowest BCUT2D eigenvalue weighted by Crippen LogP contribution is -2.27. The third-order valence-corrected chi connectivity index (χ3v) is 3.82. The highest BCUT2D eigenvalue weighted by atomic mass is 16.3. The molecule has 1 N–H and O–H groups in total. The summed E-state index contributed by atoms with van der Waals surface area (Å²) in [5, 5.41) is 3.45. The van der Waals surface area contributed by atoms with Crippen molar-refractivity contribution in [2.45, 2.75) is 51.0 Å². The number of rotatable bonds is 6. The first-order valence-corrected chi connectivity index (χ1v) is 6.58. The van der Waals surface area contributed by atoms with E-state index in [1.807, 2.05) is 6.07 Å². The molecule has 1 aromatic heterocycles. The highest BCUT2D eigenvalue weighted by Gasteiger charge is 2.19. The summed E-state index contributed by atoms with van der Waals surface area (Å²) in [5.41, 5.74) is 0. The van der Waals surface area contributed by atoms with Crippen LogP contribution in [0, 0.1) is 5.92 Å². The van der Waals surface area contributed by atoms with Gasteiger partial charge in [-0.05, 0) is 37.9 Å². The van der Waals surface area contributed by atoms with E-state index in [1.54, 1.807) is 6.26 Å². The predicted molar refractivity (Wildman–Crippen MR) is 66.5 cm³/mol. The first-order valence-electron chi connectivity index (χ1n) is 6.58. The molecule has 1 aromatic rings. The van der Waals surface area contributed by atoms with Crippen molar-refractivity contribution >= 4 is 0 Å². The van der Waals surface area contributed by atoms with E-state index in [1.165, 1.54) is 38.5 Å². The lowest BCUT2D eigenvalue weighted by Gasteiger charge is -2.19. The fourth-order valence-corrected chi connectivity index (χ4v) is 2.80. The van der Waals surface area contributed by atoms with Gasteiger partial charge in [0.1, 0.15) is 5.76 Å². The van der Waals surface area contributed by atoms with Gasteiger partial charge in [-0.3, -0.25) is 0 Å². The van der Waals surface area contributed by atoms with Crippen molar-refractivity contribution in [3.63, 3.8) is 0 Å². The zero-order valence-electron chi connectivity index (χ0n) is 10.2. The van der Waals surface area contributed by atoms with E-state index < -0.39 is 0 Å². The Bertz CT molecular complexity index is 275. The zero-order valence-corrected chi connectivity index (χ0v) is 10.2. The van der Waals surface area contributed by atoms with Crippen LogP contribution in [0.5, 0.6) is 0 Å². The molecule has 0 aromatic carbocycles. The van der Waals surface area contributed by atoms with E-state index in [4.69, 9.17) is 4.42 Å². The average molecular weight is 221 g/mol. The molecule has 0 saturated heterocycles. The molecule has 1 aliphatic rings. The maximum Gasteiger partial charge on any atom is 0.103 e. The van der Waals surface area contributed by atoms with Crippen LogP contribution < -0.4 is 5.32 Å². The van der Waals surface area contributed by atoms with Crippen LogP contribution in [0.3, 0.4) is 0 Å². The van der Waals surface area contributed by atoms with Crippen molar-refractivity contribution in [2.75, 3.05) is 7.05 Å². The largest absolute Gasteiger partial charge is 0.469 e. The Morgan fingerprint density at radius 2 is 2.25 bits per heavy atom. The minimum Gasteiger partial charge on any atom is -0.469 e. The van der Waals surface area contributed by atoms with Gasteiger partial charge in [0.05, 0.1) is 6.26 Å². The van der Waals surface area contributed by atoms with Crippen LogP contribution in [0.4, 0.5) is 0 Å². The lowest BCUT2D eigenvalue weighted by molar-refractivity contribution is 0.377. The van der Waals surface area contributed by atoms with Crippen LogP contribution in [-0.2, 0) is 6.42 Å². The standard InChI is InChI=1S/C14H23NO/c1-15-13(11-12-5-2-3-6-12)8-9-14-7-4-10-16-14/h4,7,10,12-13,15H,2-3,5-6,8-9,11H2,1H3. The molecule has 1 saturated carbocycles. The van der Waals surface area contributed by atoms with Crippen LogP contribution >= 0.6 is 0 Å². The second kappa shape index (κ2) is 6.09. The van der Waals surface area contributed by atoms with Gasteiger partial charge in [0.15, 0.2) is 0 Å². The SMILES string of the molecule is CNC(CCc1ccco1)CC1CCCC1. The van der Waals surface area contributed by atoms with Gasteiger partial charge in [0.2, 0.25) is 0 Å². The molecule has 0 spiro atoms. The van der Waals surface area contributed by atoms with E-state index in [0.29, 0.717) is 6.04 Å². The molecule has 1 atom stereocenters. The molecule has 90 valence electrons. The van der Waals surface area contributed by atoms with Gasteiger partial charge in [-0.2, -0.15) is 0 Å². The Kier molecular flexibility index (Phi) is 4.46. The fraction of sp³-hybridized carbons (Fsp3) is 0.714. The molecule has 2 rings (SSSR count). The van der Waals surface area contributed by atoms with E-state index >= 15 is 0 Å². The van der Waals surface area contributed by atoms with Gasteiger partial charge in [0.25, 0.3) is 0 Å². The van der Waals surface area contributed by atoms with Gasteiger partial charge in [-0.25, -0.2) is 0 Å². The highest BCUT2D eigenvalue weighted by molar-refractivity contribution is 4.98. The van der Waals surface area contributed by atoms with Crippen molar-refractivity contribution in [2.24, 2.45) is 5.92 Å². The Morgan fingerprint density at radius 3 is 2.88 bits per heavy atom. The van der Waals surface area contributed by atoms with E-state index in [0.717, 1.165) is 18.1 Å². The minimum atomic E-state index is 0.660. The topological polar surface area (TPSA) is 25.2 Å². The smallest absolute Gasteiger partial charge is 0.103 e. The Morgan fingerprint density at radius 1 is 1.44 bits per heavy atom. The molecule has 1 unspecified atom stereocenters. The molecule has 1 aliphatic carbocycles. The molecule has 2 heteroatoms. The average Bonchev–Trinajstić information content (AvgIpc) is 2.97. The molecule has 0 amide bonds. The highest BCUT2D eigenvalue weighted by Crippen LogP contribution is 2.29. The lowest BCUT2D eigenvalue weighted by atomic mass is 9.95. The minimum absolute atomic E-state index is 0.660. The zero-order chi connectivity index (χ0) is 11.2. The van der Waals surface area contributed by atoms with Crippen molar-refractivity contribution in [3.8, 4) is 0 Å². The number of nitrogens with one attached hydrogen (secondary N) is 1. The van der Waals surface area contributed by atoms with Crippen LogP contribution in [0.2, 0.25) is 0 Å². The van der Waals surface area contributed by atoms with Crippen molar-refractivity contribution in [1.82, 2.24) is 5.32 Å². The van der Waals surface area contributed by atoms with Gasteiger partial charge in [-0.15, -0.1) is 0 Å². The van der Waals surface area contributed by atoms with Gasteiger partial charge in [-0.1, -0.05) is 25.7 Å². The Balaban J connectivity index is 1.72. The quantitative estimate of drug-likeness (QED) is 0.796. The third kappa shape index (κ3) is 3.38. The second-order valence-electron chi connectivity index (χ2n) is 4.99. The first kappa shape index (κ1) is 11.7. The summed E-state index contributed by atoms with van der Waals surface area (Å²) in [5.74, 6) is 2.08. The molecule has 16 heavy (non-hydrogen) atoms. The summed E-state index contributed by atoms with van der Waals surface area (Å²) in [7, 11) is 2.09. The van der Waals surface area contributed by atoms with Crippen LogP contribution in [0.1, 0.15) is 44.3 Å². The second-order valence-corrected chi connectivity index (χ2v) is 4.99. The summed E-state index contributed by atoms with van der Waals surface area (Å²) in [6, 6.07) is 4.70. The summed E-state index contributed by atoms with van der Waals surface area (Å²) in [4.78, 5) is 0. The van der Waals surface area contributed by atoms with Gasteiger partial charge < -0.3 is 9.73 Å². The molecular weight excluding hydrogens is 198 g/mol. The summed E-state index contributed by atoms with van der Waals surface area (Å²) in [6.07, 6.45) is 11.1. The van der Waals surface area contributed by atoms with Crippen molar-refractivity contribution in [3.05, 3.63) is 24.2 Å². The van der Waals surface area contributed by atoms with Crippen molar-refractivity contribution < 1.29 is 4.42 Å². The third-order valence-electron chi connectivity index (χ3n) is 3.82. The number of hydrogen-bond acceptors (Lipinski definition) is 2. The van der Waals surface area contributed by atoms with Crippen molar-refractivity contribution in [1.29, 1.82) is 0 Å². The fourth-order valence-electron chi connectivity index (χ4n) is 2.80. The maximum atomic E-state index is 5.37.